The Balaban J connectivity index is 2.19. The molecule has 48 valence electrons. The third-order valence-corrected chi connectivity index (χ3v) is 2.38. The molecular formula is C7H13Cl. The van der Waals surface area contributed by atoms with Crippen LogP contribution in [-0.2, 0) is 0 Å². The SMILES string of the molecule is C[C@H]1CC[C@@H](Cl)CC1. The molecule has 1 heteroatoms. The van der Waals surface area contributed by atoms with E-state index in [4.69, 9.17) is 11.6 Å². The molecule has 0 unspecified atom stereocenters. The van der Waals surface area contributed by atoms with Gasteiger partial charge in [0.15, 0.2) is 0 Å². The van der Waals surface area contributed by atoms with Crippen LogP contribution in [0.25, 0.3) is 0 Å². The first-order valence-corrected chi connectivity index (χ1v) is 3.86. The van der Waals surface area contributed by atoms with Gasteiger partial charge < -0.3 is 0 Å². The molecule has 0 amide bonds. The van der Waals surface area contributed by atoms with Gasteiger partial charge >= 0.3 is 0 Å². The molecule has 0 bridgehead atoms. The van der Waals surface area contributed by atoms with Crippen LogP contribution in [0.1, 0.15) is 32.6 Å². The average Bonchev–Trinajstić information content (AvgIpc) is 1.77. The van der Waals surface area contributed by atoms with Crippen LogP contribution in [-0.4, -0.2) is 5.38 Å². The molecule has 0 aromatic rings. The summed E-state index contributed by atoms with van der Waals surface area (Å²) in [5.74, 6) is 0.935. The van der Waals surface area contributed by atoms with E-state index in [1.54, 1.807) is 0 Å². The van der Waals surface area contributed by atoms with E-state index in [1.807, 2.05) is 0 Å². The molecule has 0 aliphatic heterocycles. The fourth-order valence-electron chi connectivity index (χ4n) is 1.22. The van der Waals surface area contributed by atoms with Crippen LogP contribution < -0.4 is 0 Å². The van der Waals surface area contributed by atoms with E-state index in [0.717, 1.165) is 5.92 Å². The summed E-state index contributed by atoms with van der Waals surface area (Å²) >= 11 is 5.88. The van der Waals surface area contributed by atoms with E-state index >= 15 is 0 Å². The molecule has 0 heterocycles. The van der Waals surface area contributed by atoms with Crippen LogP contribution >= 0.6 is 11.6 Å². The van der Waals surface area contributed by atoms with Crippen molar-refractivity contribution < 1.29 is 0 Å². The van der Waals surface area contributed by atoms with Gasteiger partial charge in [-0.1, -0.05) is 6.92 Å². The van der Waals surface area contributed by atoms with E-state index in [0.29, 0.717) is 5.38 Å². The molecular weight excluding hydrogens is 120 g/mol. The Morgan fingerprint density at radius 1 is 1.12 bits per heavy atom. The summed E-state index contributed by atoms with van der Waals surface area (Å²) in [7, 11) is 0. The predicted octanol–water partition coefficient (Wildman–Crippen LogP) is 2.80. The number of rotatable bonds is 0. The molecule has 1 fully saturated rings. The maximum absolute atomic E-state index is 5.88. The molecule has 1 rings (SSSR count). The van der Waals surface area contributed by atoms with Gasteiger partial charge in [0.25, 0.3) is 0 Å². The van der Waals surface area contributed by atoms with E-state index in [9.17, 15) is 0 Å². The van der Waals surface area contributed by atoms with E-state index < -0.39 is 0 Å². The molecule has 8 heavy (non-hydrogen) atoms. The Morgan fingerprint density at radius 2 is 1.62 bits per heavy atom. The third-order valence-electron chi connectivity index (χ3n) is 1.95. The monoisotopic (exact) mass is 132 g/mol. The number of hydrogen-bond donors (Lipinski definition) is 0. The highest BCUT2D eigenvalue weighted by molar-refractivity contribution is 6.20. The average molecular weight is 133 g/mol. The fourth-order valence-corrected chi connectivity index (χ4v) is 1.47. The van der Waals surface area contributed by atoms with Gasteiger partial charge in [0, 0.05) is 5.38 Å². The van der Waals surface area contributed by atoms with Crippen molar-refractivity contribution in [3.05, 3.63) is 0 Å². The molecule has 1 saturated carbocycles. The highest BCUT2D eigenvalue weighted by Gasteiger charge is 2.14. The van der Waals surface area contributed by atoms with Crippen molar-refractivity contribution in [2.24, 2.45) is 5.92 Å². The third kappa shape index (κ3) is 1.66. The second-order valence-corrected chi connectivity index (χ2v) is 3.47. The van der Waals surface area contributed by atoms with E-state index in [1.165, 1.54) is 25.7 Å². The van der Waals surface area contributed by atoms with Crippen molar-refractivity contribution in [3.63, 3.8) is 0 Å². The minimum absolute atomic E-state index is 0.492. The van der Waals surface area contributed by atoms with Gasteiger partial charge in [0.1, 0.15) is 0 Å². The highest BCUT2D eigenvalue weighted by atomic mass is 35.5. The highest BCUT2D eigenvalue weighted by Crippen LogP contribution is 2.26. The maximum Gasteiger partial charge on any atom is 0.0336 e. The quantitative estimate of drug-likeness (QED) is 0.445. The smallest absolute Gasteiger partial charge is 0.0336 e. The van der Waals surface area contributed by atoms with Crippen molar-refractivity contribution >= 4 is 11.6 Å². The molecule has 1 aliphatic rings. The molecule has 0 spiro atoms. The Kier molecular flexibility index (Phi) is 2.18. The number of alkyl halides is 1. The minimum Gasteiger partial charge on any atom is -0.123 e. The molecule has 0 nitrogen and oxygen atoms in total. The van der Waals surface area contributed by atoms with Crippen LogP contribution in [0, 0.1) is 5.92 Å². The van der Waals surface area contributed by atoms with E-state index in [-0.39, 0.29) is 0 Å². The van der Waals surface area contributed by atoms with Crippen LogP contribution in [0.5, 0.6) is 0 Å². The molecule has 0 radical (unpaired) electrons. The van der Waals surface area contributed by atoms with Gasteiger partial charge in [-0.15, -0.1) is 11.6 Å². The number of hydrogen-bond acceptors (Lipinski definition) is 0. The zero-order chi connectivity index (χ0) is 5.98. The largest absolute Gasteiger partial charge is 0.123 e. The Hall–Kier alpha value is 0.290. The van der Waals surface area contributed by atoms with Gasteiger partial charge in [-0.3, -0.25) is 0 Å². The molecule has 0 aromatic heterocycles. The summed E-state index contributed by atoms with van der Waals surface area (Å²) in [6, 6.07) is 0. The van der Waals surface area contributed by atoms with Crippen molar-refractivity contribution in [2.45, 2.75) is 38.0 Å². The molecule has 0 saturated heterocycles. The lowest BCUT2D eigenvalue weighted by Crippen LogP contribution is -2.11. The van der Waals surface area contributed by atoms with Gasteiger partial charge in [0.2, 0.25) is 0 Å². The van der Waals surface area contributed by atoms with Gasteiger partial charge in [-0.2, -0.15) is 0 Å². The maximum atomic E-state index is 5.88. The molecule has 0 N–H and O–H groups in total. The standard InChI is InChI=1S/C7H13Cl/c1-6-2-4-7(8)5-3-6/h6-7H,2-5H2,1H3/t6-,7+. The minimum atomic E-state index is 0.492. The molecule has 0 aromatic carbocycles. The zero-order valence-electron chi connectivity index (χ0n) is 5.36. The van der Waals surface area contributed by atoms with Crippen molar-refractivity contribution in [2.75, 3.05) is 0 Å². The summed E-state index contributed by atoms with van der Waals surface area (Å²) in [6.07, 6.45) is 5.16. The lowest BCUT2D eigenvalue weighted by atomic mass is 9.91. The Bertz CT molecular complexity index is 52.8. The molecule has 0 atom stereocenters. The second-order valence-electron chi connectivity index (χ2n) is 2.86. The van der Waals surface area contributed by atoms with Crippen LogP contribution in [0.15, 0.2) is 0 Å². The first-order valence-electron chi connectivity index (χ1n) is 3.43. The fraction of sp³-hybridized carbons (Fsp3) is 1.00. The Labute approximate surface area is 56.2 Å². The number of halogens is 1. The topological polar surface area (TPSA) is 0 Å². The summed E-state index contributed by atoms with van der Waals surface area (Å²) in [6.45, 7) is 2.31. The Morgan fingerprint density at radius 3 is 2.00 bits per heavy atom. The van der Waals surface area contributed by atoms with Crippen molar-refractivity contribution in [1.82, 2.24) is 0 Å². The van der Waals surface area contributed by atoms with Crippen molar-refractivity contribution in [3.8, 4) is 0 Å². The summed E-state index contributed by atoms with van der Waals surface area (Å²) < 4.78 is 0. The van der Waals surface area contributed by atoms with Crippen LogP contribution in [0.3, 0.4) is 0 Å². The lowest BCUT2D eigenvalue weighted by molar-refractivity contribution is 0.390. The first kappa shape index (κ1) is 6.41. The van der Waals surface area contributed by atoms with E-state index in [2.05, 4.69) is 6.92 Å². The van der Waals surface area contributed by atoms with Gasteiger partial charge in [-0.05, 0) is 31.6 Å². The van der Waals surface area contributed by atoms with Crippen molar-refractivity contribution in [1.29, 1.82) is 0 Å². The van der Waals surface area contributed by atoms with Gasteiger partial charge in [0.05, 0.1) is 0 Å². The lowest BCUT2D eigenvalue weighted by Gasteiger charge is -2.20. The van der Waals surface area contributed by atoms with Crippen LogP contribution in [0.2, 0.25) is 0 Å². The zero-order valence-corrected chi connectivity index (χ0v) is 6.12. The predicted molar refractivity (Wildman–Crippen MR) is 37.3 cm³/mol. The first-order chi connectivity index (χ1) is 3.79. The molecule has 1 aliphatic carbocycles. The summed E-state index contributed by atoms with van der Waals surface area (Å²) in [5.41, 5.74) is 0. The van der Waals surface area contributed by atoms with Crippen LogP contribution in [0.4, 0.5) is 0 Å². The normalized spacial score (nSPS) is 39.8. The summed E-state index contributed by atoms with van der Waals surface area (Å²) in [4.78, 5) is 0. The summed E-state index contributed by atoms with van der Waals surface area (Å²) in [5, 5.41) is 0.492. The van der Waals surface area contributed by atoms with Gasteiger partial charge in [-0.25, -0.2) is 0 Å². The second kappa shape index (κ2) is 2.72.